The van der Waals surface area contributed by atoms with Gasteiger partial charge < -0.3 is 5.32 Å². The van der Waals surface area contributed by atoms with Crippen LogP contribution in [0.1, 0.15) is 55.6 Å². The van der Waals surface area contributed by atoms with Crippen LogP contribution in [-0.2, 0) is 5.41 Å². The number of halogens is 1. The van der Waals surface area contributed by atoms with E-state index in [2.05, 4.69) is 51.1 Å². The van der Waals surface area contributed by atoms with E-state index in [9.17, 15) is 4.79 Å². The van der Waals surface area contributed by atoms with Gasteiger partial charge in [0, 0.05) is 35.1 Å². The van der Waals surface area contributed by atoms with Gasteiger partial charge in [-0.25, -0.2) is 9.67 Å². The Balaban J connectivity index is 1.77. The Morgan fingerprint density at radius 2 is 1.88 bits per heavy atom. The lowest BCUT2D eigenvalue weighted by Gasteiger charge is -2.19. The number of rotatable bonds is 5. The molecule has 0 saturated heterocycles. The van der Waals surface area contributed by atoms with Crippen LogP contribution in [0.3, 0.4) is 0 Å². The zero-order valence-corrected chi connectivity index (χ0v) is 19.6. The summed E-state index contributed by atoms with van der Waals surface area (Å²) in [5.74, 6) is 0.533. The highest BCUT2D eigenvalue weighted by molar-refractivity contribution is 6.30. The molecule has 33 heavy (non-hydrogen) atoms. The van der Waals surface area contributed by atoms with E-state index in [4.69, 9.17) is 11.6 Å². The van der Waals surface area contributed by atoms with Gasteiger partial charge in [-0.1, -0.05) is 32.4 Å². The molecule has 0 radical (unpaired) electrons. The molecule has 0 spiro atoms. The summed E-state index contributed by atoms with van der Waals surface area (Å²) in [6.07, 6.45) is 7.92. The van der Waals surface area contributed by atoms with Crippen LogP contribution in [-0.4, -0.2) is 35.6 Å². The predicted octanol–water partition coefficient (Wildman–Crippen LogP) is 4.56. The molecule has 168 valence electrons. The van der Waals surface area contributed by atoms with Crippen molar-refractivity contribution >= 4 is 17.5 Å². The number of carbonyl (C=O) groups is 1. The molecule has 3 aromatic heterocycles. The van der Waals surface area contributed by atoms with E-state index in [1.54, 1.807) is 47.7 Å². The van der Waals surface area contributed by atoms with Gasteiger partial charge in [-0.3, -0.25) is 19.7 Å². The van der Waals surface area contributed by atoms with Gasteiger partial charge in [0.1, 0.15) is 12.2 Å². The maximum atomic E-state index is 13.2. The van der Waals surface area contributed by atoms with E-state index >= 15 is 0 Å². The summed E-state index contributed by atoms with van der Waals surface area (Å²) in [5, 5.41) is 7.95. The van der Waals surface area contributed by atoms with Gasteiger partial charge in [0.2, 0.25) is 0 Å². The second-order valence-corrected chi connectivity index (χ2v) is 9.14. The van der Waals surface area contributed by atoms with E-state index in [-0.39, 0.29) is 17.4 Å². The van der Waals surface area contributed by atoms with E-state index in [1.165, 1.54) is 6.33 Å². The number of benzene rings is 1. The van der Waals surface area contributed by atoms with Crippen molar-refractivity contribution in [1.29, 1.82) is 0 Å². The number of carbonyl (C=O) groups excluding carboxylic acids is 1. The molecule has 3 heterocycles. The lowest BCUT2D eigenvalue weighted by atomic mass is 9.95. The number of nitrogens with zero attached hydrogens (tertiary/aromatic N) is 6. The molecule has 0 saturated carbocycles. The monoisotopic (exact) mass is 461 g/mol. The first kappa shape index (κ1) is 22.5. The topological polar surface area (TPSA) is 98.5 Å². The van der Waals surface area contributed by atoms with Crippen molar-refractivity contribution in [3.63, 3.8) is 0 Å². The number of amides is 1. The van der Waals surface area contributed by atoms with Gasteiger partial charge >= 0.3 is 0 Å². The molecule has 0 bridgehead atoms. The van der Waals surface area contributed by atoms with Crippen LogP contribution in [0.5, 0.6) is 0 Å². The summed E-state index contributed by atoms with van der Waals surface area (Å²) in [4.78, 5) is 30.4. The average Bonchev–Trinajstić information content (AvgIpc) is 3.31. The quantitative estimate of drug-likeness (QED) is 0.467. The molecule has 1 aromatic carbocycles. The summed E-state index contributed by atoms with van der Waals surface area (Å²) in [6.45, 7) is 8.06. The minimum Gasteiger partial charge on any atom is -0.344 e. The van der Waals surface area contributed by atoms with Crippen molar-refractivity contribution in [2.75, 3.05) is 0 Å². The van der Waals surface area contributed by atoms with Crippen LogP contribution in [0.4, 0.5) is 0 Å². The summed E-state index contributed by atoms with van der Waals surface area (Å²) >= 11 is 6.02. The van der Waals surface area contributed by atoms with E-state index in [0.29, 0.717) is 27.7 Å². The summed E-state index contributed by atoms with van der Waals surface area (Å²) in [7, 11) is 0. The molecule has 1 N–H and O–H groups in total. The molecule has 1 unspecified atom stereocenters. The Labute approximate surface area is 197 Å². The Morgan fingerprint density at radius 1 is 1.06 bits per heavy atom. The van der Waals surface area contributed by atoms with Crippen molar-refractivity contribution < 1.29 is 4.79 Å². The predicted molar refractivity (Wildman–Crippen MR) is 126 cm³/mol. The first-order valence-electron chi connectivity index (χ1n) is 10.5. The zero-order chi connectivity index (χ0) is 23.6. The Hall–Kier alpha value is -3.65. The molecule has 9 heteroatoms. The van der Waals surface area contributed by atoms with Gasteiger partial charge in [-0.15, -0.1) is 0 Å². The molecule has 1 amide bonds. The third-order valence-electron chi connectivity index (χ3n) is 5.04. The average molecular weight is 462 g/mol. The number of hydrogen-bond donors (Lipinski definition) is 1. The van der Waals surface area contributed by atoms with E-state index < -0.39 is 0 Å². The normalized spacial score (nSPS) is 12.4. The summed E-state index contributed by atoms with van der Waals surface area (Å²) < 4.78 is 1.75. The third kappa shape index (κ3) is 5.06. The van der Waals surface area contributed by atoms with Crippen LogP contribution < -0.4 is 5.32 Å². The molecule has 8 nitrogen and oxygen atoms in total. The first-order valence-corrected chi connectivity index (χ1v) is 10.8. The highest BCUT2D eigenvalue weighted by Gasteiger charge is 2.23. The minimum absolute atomic E-state index is 0.242. The molecule has 4 aromatic rings. The van der Waals surface area contributed by atoms with Crippen molar-refractivity contribution in [2.24, 2.45) is 0 Å². The Bertz CT molecular complexity index is 1260. The summed E-state index contributed by atoms with van der Waals surface area (Å²) in [5.41, 5.74) is 3.06. The number of pyridine rings is 1. The van der Waals surface area contributed by atoms with Gasteiger partial charge in [0.15, 0.2) is 0 Å². The second-order valence-electron chi connectivity index (χ2n) is 8.70. The van der Waals surface area contributed by atoms with E-state index in [1.807, 2.05) is 19.1 Å². The van der Waals surface area contributed by atoms with Gasteiger partial charge in [-0.2, -0.15) is 5.10 Å². The molecular formula is C24H24ClN7O. The second kappa shape index (κ2) is 9.07. The van der Waals surface area contributed by atoms with Crippen LogP contribution in [0.2, 0.25) is 5.02 Å². The fourth-order valence-electron chi connectivity index (χ4n) is 3.39. The molecule has 4 rings (SSSR count). The van der Waals surface area contributed by atoms with Gasteiger partial charge in [-0.05, 0) is 37.3 Å². The van der Waals surface area contributed by atoms with Gasteiger partial charge in [0.25, 0.3) is 5.91 Å². The lowest BCUT2D eigenvalue weighted by molar-refractivity contribution is 0.0939. The van der Waals surface area contributed by atoms with Crippen LogP contribution in [0.25, 0.3) is 16.9 Å². The highest BCUT2D eigenvalue weighted by atomic mass is 35.5. The van der Waals surface area contributed by atoms with Crippen molar-refractivity contribution in [1.82, 2.24) is 35.0 Å². The molecule has 1 atom stereocenters. The third-order valence-corrected chi connectivity index (χ3v) is 5.26. The smallest absolute Gasteiger partial charge is 0.251 e. The number of aromatic nitrogens is 6. The Morgan fingerprint density at radius 3 is 2.55 bits per heavy atom. The van der Waals surface area contributed by atoms with Crippen LogP contribution in [0, 0.1) is 0 Å². The van der Waals surface area contributed by atoms with Crippen LogP contribution >= 0.6 is 11.6 Å². The first-order chi connectivity index (χ1) is 15.7. The molecule has 0 aliphatic carbocycles. The van der Waals surface area contributed by atoms with Crippen molar-refractivity contribution in [3.8, 4) is 16.9 Å². The fourth-order valence-corrected chi connectivity index (χ4v) is 3.50. The lowest BCUT2D eigenvalue weighted by Crippen LogP contribution is -2.27. The number of nitrogens with one attached hydrogen (secondary N) is 1. The van der Waals surface area contributed by atoms with E-state index in [0.717, 1.165) is 11.4 Å². The maximum Gasteiger partial charge on any atom is 0.251 e. The largest absolute Gasteiger partial charge is 0.344 e. The Kier molecular flexibility index (Phi) is 6.20. The maximum absolute atomic E-state index is 13.2. The summed E-state index contributed by atoms with van der Waals surface area (Å²) in [6, 6.07) is 8.79. The minimum atomic E-state index is -0.316. The standard InChI is InChI=1S/C24H24ClN7O/c1-15(21-13-26-7-8-27-21)31-22(33)17-9-16(20-6-5-18(25)12-28-20)10-19(11-17)32-23(24(2,3)4)29-14-30-32/h5-15H,1-4H3,(H,31,33). The SMILES string of the molecule is CC(NC(=O)c1cc(-c2ccc(Cl)cn2)cc(-n2ncnc2C(C)(C)C)c1)c1cnccn1. The van der Waals surface area contributed by atoms with Gasteiger partial charge in [0.05, 0.1) is 34.3 Å². The highest BCUT2D eigenvalue weighted by Crippen LogP contribution is 2.27. The molecule has 0 fully saturated rings. The zero-order valence-electron chi connectivity index (χ0n) is 18.8. The molecule has 0 aliphatic rings. The van der Waals surface area contributed by atoms with Crippen LogP contribution in [0.15, 0.2) is 61.4 Å². The van der Waals surface area contributed by atoms with Crippen molar-refractivity contribution in [2.45, 2.75) is 39.2 Å². The number of hydrogen-bond acceptors (Lipinski definition) is 6. The fraction of sp³-hybridized carbons (Fsp3) is 0.250. The molecular weight excluding hydrogens is 438 g/mol. The molecule has 0 aliphatic heterocycles. The van der Waals surface area contributed by atoms with Crippen molar-refractivity contribution in [3.05, 3.63) is 83.6 Å².